The average Bonchev–Trinajstić information content (AvgIpc) is 2.80. The first-order valence-corrected chi connectivity index (χ1v) is 10.7. The molecule has 0 amide bonds. The van der Waals surface area contributed by atoms with E-state index in [0.717, 1.165) is 13.0 Å². The third-order valence-electron chi connectivity index (χ3n) is 5.84. The van der Waals surface area contributed by atoms with Crippen molar-refractivity contribution in [3.05, 3.63) is 96.6 Å². The lowest BCUT2D eigenvalue weighted by Gasteiger charge is -2.40. The largest absolute Gasteiger partial charge is 0.469 e. The van der Waals surface area contributed by atoms with E-state index in [1.54, 1.807) is 0 Å². The van der Waals surface area contributed by atoms with Gasteiger partial charge in [0.25, 0.3) is 0 Å². The molecule has 4 atom stereocenters. The molecular weight excluding hydrogens is 370 g/mol. The number of esters is 1. The number of benzene rings is 2. The molecule has 2 rings (SSSR count). The van der Waals surface area contributed by atoms with Crippen LogP contribution in [0.2, 0.25) is 0 Å². The molecule has 160 valence electrons. The van der Waals surface area contributed by atoms with Crippen LogP contribution in [0.3, 0.4) is 0 Å². The molecule has 2 aromatic rings. The van der Waals surface area contributed by atoms with E-state index in [1.807, 2.05) is 31.2 Å². The third-order valence-corrected chi connectivity index (χ3v) is 5.84. The van der Waals surface area contributed by atoms with Crippen molar-refractivity contribution < 1.29 is 9.53 Å². The Bertz CT molecular complexity index is 800. The van der Waals surface area contributed by atoms with Crippen LogP contribution < -0.4 is 0 Å². The normalized spacial score (nSPS) is 15.5. The van der Waals surface area contributed by atoms with Gasteiger partial charge in [-0.05, 0) is 37.3 Å². The molecule has 0 bridgehead atoms. The maximum atomic E-state index is 13.0. The lowest BCUT2D eigenvalue weighted by atomic mass is 9.82. The van der Waals surface area contributed by atoms with Crippen LogP contribution in [-0.2, 0) is 16.1 Å². The number of methoxy groups -OCH3 is 1. The average molecular weight is 406 g/mol. The summed E-state index contributed by atoms with van der Waals surface area (Å²) in [6.45, 7) is 11.0. The van der Waals surface area contributed by atoms with Gasteiger partial charge in [0.1, 0.15) is 0 Å². The predicted octanol–water partition coefficient (Wildman–Crippen LogP) is 6.20. The van der Waals surface area contributed by atoms with Gasteiger partial charge in [-0.3, -0.25) is 9.69 Å². The standard InChI is InChI=1S/C27H35NO2/c1-6-15-25(26(27(29)30-5)23(7-2)8-3)28(20-22-16-11-9-12-17-22)21(4)24-18-13-10-14-19-24/h6-7,9-19,21,23,25-26H,2,8,20H2,1,3-5H3/b15-6+/t21-,23-,25-,26+/m0/s1. The van der Waals surface area contributed by atoms with E-state index in [0.29, 0.717) is 0 Å². The molecular formula is C27H35NO2. The fourth-order valence-electron chi connectivity index (χ4n) is 4.12. The van der Waals surface area contributed by atoms with Crippen LogP contribution in [0.1, 0.15) is 44.4 Å². The zero-order valence-corrected chi connectivity index (χ0v) is 18.7. The minimum atomic E-state index is -0.330. The molecule has 0 aromatic heterocycles. The number of carbonyl (C=O) groups is 1. The summed E-state index contributed by atoms with van der Waals surface area (Å²) in [7, 11) is 1.47. The Hall–Kier alpha value is -2.65. The topological polar surface area (TPSA) is 29.5 Å². The Morgan fingerprint density at radius 1 is 1.10 bits per heavy atom. The Labute approximate surface area is 182 Å². The van der Waals surface area contributed by atoms with Crippen LogP contribution in [0.4, 0.5) is 0 Å². The van der Waals surface area contributed by atoms with Crippen LogP contribution in [0.5, 0.6) is 0 Å². The molecule has 0 aliphatic carbocycles. The van der Waals surface area contributed by atoms with Crippen molar-refractivity contribution in [2.75, 3.05) is 7.11 Å². The van der Waals surface area contributed by atoms with Crippen LogP contribution >= 0.6 is 0 Å². The SMILES string of the molecule is C=C[C@@H](CC)[C@@H](C(=O)OC)[C@H](/C=C/C)N(Cc1ccccc1)[C@@H](C)c1ccccc1. The highest BCUT2D eigenvalue weighted by Gasteiger charge is 2.38. The number of ether oxygens (including phenoxy) is 1. The molecule has 0 N–H and O–H groups in total. The highest BCUT2D eigenvalue weighted by atomic mass is 16.5. The summed E-state index contributed by atoms with van der Waals surface area (Å²) in [5.74, 6) is -0.494. The van der Waals surface area contributed by atoms with E-state index in [-0.39, 0.29) is 29.9 Å². The van der Waals surface area contributed by atoms with E-state index in [9.17, 15) is 4.79 Å². The maximum absolute atomic E-state index is 13.0. The summed E-state index contributed by atoms with van der Waals surface area (Å²) < 4.78 is 5.26. The number of hydrogen-bond acceptors (Lipinski definition) is 3. The van der Waals surface area contributed by atoms with E-state index in [4.69, 9.17) is 4.74 Å². The second-order valence-electron chi connectivity index (χ2n) is 7.62. The summed E-state index contributed by atoms with van der Waals surface area (Å²) in [4.78, 5) is 15.4. The first-order chi connectivity index (χ1) is 14.6. The Morgan fingerprint density at radius 3 is 2.20 bits per heavy atom. The number of rotatable bonds is 11. The monoisotopic (exact) mass is 405 g/mol. The van der Waals surface area contributed by atoms with Gasteiger partial charge in [-0.15, -0.1) is 6.58 Å². The van der Waals surface area contributed by atoms with E-state index < -0.39 is 0 Å². The van der Waals surface area contributed by atoms with Crippen molar-refractivity contribution >= 4 is 5.97 Å². The molecule has 0 heterocycles. The molecule has 0 fully saturated rings. The second kappa shape index (κ2) is 12.1. The summed E-state index contributed by atoms with van der Waals surface area (Å²) in [5.41, 5.74) is 2.43. The maximum Gasteiger partial charge on any atom is 0.311 e. The van der Waals surface area contributed by atoms with Crippen LogP contribution in [-0.4, -0.2) is 24.0 Å². The number of nitrogens with zero attached hydrogens (tertiary/aromatic N) is 1. The molecule has 3 nitrogen and oxygen atoms in total. The zero-order chi connectivity index (χ0) is 21.9. The molecule has 0 aliphatic rings. The fraction of sp³-hybridized carbons (Fsp3) is 0.370. The summed E-state index contributed by atoms with van der Waals surface area (Å²) in [5, 5.41) is 0. The molecule has 0 unspecified atom stereocenters. The molecule has 30 heavy (non-hydrogen) atoms. The number of carbonyl (C=O) groups excluding carboxylic acids is 1. The summed E-state index contributed by atoms with van der Waals surface area (Å²) >= 11 is 0. The molecule has 0 radical (unpaired) electrons. The minimum absolute atomic E-state index is 0.0277. The Kier molecular flexibility index (Phi) is 9.56. The molecule has 0 aliphatic heterocycles. The van der Waals surface area contributed by atoms with E-state index in [2.05, 4.69) is 79.9 Å². The van der Waals surface area contributed by atoms with E-state index in [1.165, 1.54) is 18.2 Å². The van der Waals surface area contributed by atoms with Gasteiger partial charge >= 0.3 is 5.97 Å². The molecule has 3 heteroatoms. The molecule has 0 saturated carbocycles. The van der Waals surface area contributed by atoms with Crippen molar-refractivity contribution in [3.8, 4) is 0 Å². The highest BCUT2D eigenvalue weighted by Crippen LogP contribution is 2.33. The predicted molar refractivity (Wildman–Crippen MR) is 125 cm³/mol. The van der Waals surface area contributed by atoms with Gasteiger partial charge < -0.3 is 4.74 Å². The smallest absolute Gasteiger partial charge is 0.311 e. The van der Waals surface area contributed by atoms with Crippen molar-refractivity contribution in [2.45, 2.75) is 45.8 Å². The van der Waals surface area contributed by atoms with Gasteiger partial charge in [-0.1, -0.05) is 85.8 Å². The summed E-state index contributed by atoms with van der Waals surface area (Å²) in [6, 6.07) is 20.8. The van der Waals surface area contributed by atoms with Gasteiger partial charge in [0.15, 0.2) is 0 Å². The van der Waals surface area contributed by atoms with Gasteiger partial charge in [0.05, 0.1) is 13.0 Å². The zero-order valence-electron chi connectivity index (χ0n) is 18.7. The first-order valence-electron chi connectivity index (χ1n) is 10.7. The minimum Gasteiger partial charge on any atom is -0.469 e. The van der Waals surface area contributed by atoms with Crippen LogP contribution in [0, 0.1) is 11.8 Å². The Morgan fingerprint density at radius 2 is 1.70 bits per heavy atom. The highest BCUT2D eigenvalue weighted by molar-refractivity contribution is 5.74. The fourth-order valence-corrected chi connectivity index (χ4v) is 4.12. The van der Waals surface area contributed by atoms with Gasteiger partial charge in [0.2, 0.25) is 0 Å². The molecule has 2 aromatic carbocycles. The van der Waals surface area contributed by atoms with Gasteiger partial charge in [-0.25, -0.2) is 0 Å². The quantitative estimate of drug-likeness (QED) is 0.329. The third kappa shape index (κ3) is 5.93. The summed E-state index contributed by atoms with van der Waals surface area (Å²) in [6.07, 6.45) is 6.89. The van der Waals surface area contributed by atoms with Gasteiger partial charge in [0, 0.05) is 18.6 Å². The Balaban J connectivity index is 2.56. The lowest BCUT2D eigenvalue weighted by molar-refractivity contribution is -0.149. The molecule has 0 spiro atoms. The van der Waals surface area contributed by atoms with Crippen molar-refractivity contribution in [1.29, 1.82) is 0 Å². The number of allylic oxidation sites excluding steroid dienone is 2. The van der Waals surface area contributed by atoms with Crippen molar-refractivity contribution in [2.24, 2.45) is 11.8 Å². The van der Waals surface area contributed by atoms with Crippen LogP contribution in [0.25, 0.3) is 0 Å². The van der Waals surface area contributed by atoms with E-state index >= 15 is 0 Å². The van der Waals surface area contributed by atoms with Gasteiger partial charge in [-0.2, -0.15) is 0 Å². The van der Waals surface area contributed by atoms with Crippen LogP contribution in [0.15, 0.2) is 85.5 Å². The molecule has 0 saturated heterocycles. The second-order valence-corrected chi connectivity index (χ2v) is 7.62. The van der Waals surface area contributed by atoms with Crippen molar-refractivity contribution in [1.82, 2.24) is 4.90 Å². The lowest BCUT2D eigenvalue weighted by Crippen LogP contribution is -2.46. The first kappa shape index (κ1) is 23.6. The van der Waals surface area contributed by atoms with Crippen molar-refractivity contribution in [3.63, 3.8) is 0 Å². The number of hydrogen-bond donors (Lipinski definition) is 0.